The maximum Gasteiger partial charge on any atom is 0.316 e. The van der Waals surface area contributed by atoms with Crippen molar-refractivity contribution in [3.05, 3.63) is 36.2 Å². The van der Waals surface area contributed by atoms with Gasteiger partial charge in [0.1, 0.15) is 11.7 Å². The first-order valence-electron chi connectivity index (χ1n) is 7.95. The summed E-state index contributed by atoms with van der Waals surface area (Å²) in [6, 6.07) is 2.25. The van der Waals surface area contributed by atoms with Gasteiger partial charge in [-0.1, -0.05) is 0 Å². The Labute approximate surface area is 138 Å². The number of halogens is 1. The van der Waals surface area contributed by atoms with Crippen molar-refractivity contribution in [2.45, 2.75) is 31.5 Å². The Morgan fingerprint density at radius 3 is 2.83 bits per heavy atom. The first-order valence-corrected chi connectivity index (χ1v) is 7.95. The van der Waals surface area contributed by atoms with Crippen LogP contribution in [0, 0.1) is 12.7 Å². The van der Waals surface area contributed by atoms with Crippen LogP contribution in [0.2, 0.25) is 0 Å². The van der Waals surface area contributed by atoms with E-state index in [9.17, 15) is 4.39 Å². The molecule has 8 heteroatoms. The van der Waals surface area contributed by atoms with E-state index in [1.807, 2.05) is 17.9 Å². The second-order valence-corrected chi connectivity index (χ2v) is 6.30. The van der Waals surface area contributed by atoms with Gasteiger partial charge < -0.3 is 14.4 Å². The molecule has 0 bridgehead atoms. The average Bonchev–Trinajstić information content (AvgIpc) is 2.54. The zero-order valence-corrected chi connectivity index (χ0v) is 13.4. The fraction of sp³-hybridized carbons (Fsp3) is 0.500. The molecule has 0 saturated carbocycles. The number of ether oxygens (including phenoxy) is 2. The highest BCUT2D eigenvalue weighted by Gasteiger charge is 2.49. The van der Waals surface area contributed by atoms with Gasteiger partial charge in [-0.3, -0.25) is 0 Å². The molecule has 2 aliphatic rings. The van der Waals surface area contributed by atoms with E-state index in [1.165, 1.54) is 12.4 Å². The monoisotopic (exact) mass is 331 g/mol. The summed E-state index contributed by atoms with van der Waals surface area (Å²) in [5.74, 6) is 0.0882. The molecule has 126 valence electrons. The number of aromatic nitrogens is 4. The summed E-state index contributed by atoms with van der Waals surface area (Å²) in [5, 5.41) is 0. The molecular weight excluding hydrogens is 313 g/mol. The van der Waals surface area contributed by atoms with Crippen LogP contribution in [0.3, 0.4) is 0 Å². The minimum atomic E-state index is -0.436. The quantitative estimate of drug-likeness (QED) is 0.844. The van der Waals surface area contributed by atoms with E-state index >= 15 is 0 Å². The standard InChI is InChI=1S/C16H18FN5O2/c1-11-2-4-18-15(21-11)24-13-3-5-23-16(6-13)9-22(10-16)14-19-7-12(17)8-20-14/h2,4,7-8,13H,3,5-6,9-10H2,1H3. The Balaban J connectivity index is 1.38. The maximum absolute atomic E-state index is 12.9. The number of hydrogen-bond acceptors (Lipinski definition) is 7. The van der Waals surface area contributed by atoms with Gasteiger partial charge in [0.25, 0.3) is 0 Å². The molecule has 1 unspecified atom stereocenters. The van der Waals surface area contributed by atoms with Gasteiger partial charge in [-0.25, -0.2) is 24.3 Å². The molecule has 4 rings (SSSR count). The molecule has 24 heavy (non-hydrogen) atoms. The second kappa shape index (κ2) is 5.94. The number of anilines is 1. The smallest absolute Gasteiger partial charge is 0.316 e. The zero-order valence-electron chi connectivity index (χ0n) is 13.4. The Bertz CT molecular complexity index is 721. The van der Waals surface area contributed by atoms with Crippen molar-refractivity contribution in [3.8, 4) is 6.01 Å². The van der Waals surface area contributed by atoms with Gasteiger partial charge >= 0.3 is 6.01 Å². The van der Waals surface area contributed by atoms with Crippen LogP contribution in [0.15, 0.2) is 24.7 Å². The van der Waals surface area contributed by atoms with Gasteiger partial charge in [-0.05, 0) is 13.0 Å². The third-order valence-corrected chi connectivity index (χ3v) is 4.34. The Hall–Kier alpha value is -2.35. The fourth-order valence-electron chi connectivity index (χ4n) is 3.20. The van der Waals surface area contributed by atoms with E-state index < -0.39 is 5.82 Å². The predicted molar refractivity (Wildman–Crippen MR) is 83.3 cm³/mol. The molecule has 2 fully saturated rings. The lowest BCUT2D eigenvalue weighted by Gasteiger charge is -2.52. The van der Waals surface area contributed by atoms with Crippen molar-refractivity contribution in [1.82, 2.24) is 19.9 Å². The topological polar surface area (TPSA) is 73.3 Å². The molecule has 0 N–H and O–H groups in total. The average molecular weight is 331 g/mol. The normalized spacial score (nSPS) is 22.2. The van der Waals surface area contributed by atoms with Crippen LogP contribution in [0.1, 0.15) is 18.5 Å². The Morgan fingerprint density at radius 1 is 1.29 bits per heavy atom. The lowest BCUT2D eigenvalue weighted by molar-refractivity contribution is -0.127. The third kappa shape index (κ3) is 3.01. The molecule has 1 atom stereocenters. The van der Waals surface area contributed by atoms with Gasteiger partial charge in [0.15, 0.2) is 5.82 Å². The molecular formula is C16H18FN5O2. The lowest BCUT2D eigenvalue weighted by Crippen LogP contribution is -2.66. The zero-order chi connectivity index (χ0) is 16.6. The van der Waals surface area contributed by atoms with Gasteiger partial charge in [0.2, 0.25) is 5.95 Å². The molecule has 0 radical (unpaired) electrons. The molecule has 4 heterocycles. The Morgan fingerprint density at radius 2 is 2.08 bits per heavy atom. The van der Waals surface area contributed by atoms with Crippen LogP contribution in [0.5, 0.6) is 6.01 Å². The van der Waals surface area contributed by atoms with E-state index in [-0.39, 0.29) is 11.7 Å². The van der Waals surface area contributed by atoms with E-state index in [2.05, 4.69) is 19.9 Å². The summed E-state index contributed by atoms with van der Waals surface area (Å²) < 4.78 is 24.8. The van der Waals surface area contributed by atoms with Gasteiger partial charge in [0.05, 0.1) is 32.1 Å². The van der Waals surface area contributed by atoms with Crippen LogP contribution in [-0.4, -0.2) is 51.3 Å². The van der Waals surface area contributed by atoms with Crippen LogP contribution in [-0.2, 0) is 4.74 Å². The highest BCUT2D eigenvalue weighted by atomic mass is 19.1. The van der Waals surface area contributed by atoms with Gasteiger partial charge in [-0.15, -0.1) is 0 Å². The van der Waals surface area contributed by atoms with E-state index in [0.717, 1.165) is 18.5 Å². The van der Waals surface area contributed by atoms with Crippen molar-refractivity contribution >= 4 is 5.95 Å². The lowest BCUT2D eigenvalue weighted by atomic mass is 9.85. The summed E-state index contributed by atoms with van der Waals surface area (Å²) in [4.78, 5) is 18.4. The first-order chi connectivity index (χ1) is 11.6. The summed E-state index contributed by atoms with van der Waals surface area (Å²) in [5.41, 5.74) is 0.620. The largest absolute Gasteiger partial charge is 0.460 e. The molecule has 1 spiro atoms. The van der Waals surface area contributed by atoms with Gasteiger partial charge in [0, 0.05) is 24.7 Å². The van der Waals surface area contributed by atoms with E-state index in [0.29, 0.717) is 31.7 Å². The Kier molecular flexibility index (Phi) is 3.76. The first kappa shape index (κ1) is 15.2. The van der Waals surface area contributed by atoms with Crippen molar-refractivity contribution < 1.29 is 13.9 Å². The highest BCUT2D eigenvalue weighted by molar-refractivity contribution is 5.37. The van der Waals surface area contributed by atoms with Crippen LogP contribution >= 0.6 is 0 Å². The molecule has 7 nitrogen and oxygen atoms in total. The summed E-state index contributed by atoms with van der Waals surface area (Å²) in [7, 11) is 0. The third-order valence-electron chi connectivity index (χ3n) is 4.34. The molecule has 2 aliphatic heterocycles. The fourth-order valence-corrected chi connectivity index (χ4v) is 3.20. The molecule has 2 aromatic heterocycles. The predicted octanol–water partition coefficient (Wildman–Crippen LogP) is 1.53. The summed E-state index contributed by atoms with van der Waals surface area (Å²) >= 11 is 0. The van der Waals surface area contributed by atoms with Crippen LogP contribution in [0.4, 0.5) is 10.3 Å². The minimum Gasteiger partial charge on any atom is -0.460 e. The van der Waals surface area contributed by atoms with Crippen LogP contribution < -0.4 is 9.64 Å². The minimum absolute atomic E-state index is 0.0248. The maximum atomic E-state index is 12.9. The number of hydrogen-bond donors (Lipinski definition) is 0. The number of nitrogens with zero attached hydrogens (tertiary/aromatic N) is 5. The van der Waals surface area contributed by atoms with E-state index in [4.69, 9.17) is 9.47 Å². The highest BCUT2D eigenvalue weighted by Crippen LogP contribution is 2.36. The molecule has 2 saturated heterocycles. The number of rotatable bonds is 3. The van der Waals surface area contributed by atoms with Crippen molar-refractivity contribution in [3.63, 3.8) is 0 Å². The second-order valence-electron chi connectivity index (χ2n) is 6.30. The number of aryl methyl sites for hydroxylation is 1. The van der Waals surface area contributed by atoms with Crippen molar-refractivity contribution in [2.75, 3.05) is 24.6 Å². The summed E-state index contributed by atoms with van der Waals surface area (Å²) in [6.45, 7) is 3.89. The summed E-state index contributed by atoms with van der Waals surface area (Å²) in [6.07, 6.45) is 5.65. The molecule has 0 aromatic carbocycles. The van der Waals surface area contributed by atoms with E-state index in [1.54, 1.807) is 6.20 Å². The molecule has 2 aromatic rings. The SMILES string of the molecule is Cc1ccnc(OC2CCOC3(C2)CN(c2ncc(F)cn2)C3)n1. The molecule has 0 amide bonds. The van der Waals surface area contributed by atoms with Gasteiger partial charge in [-0.2, -0.15) is 0 Å². The van der Waals surface area contributed by atoms with Crippen molar-refractivity contribution in [1.29, 1.82) is 0 Å². The van der Waals surface area contributed by atoms with Crippen LogP contribution in [0.25, 0.3) is 0 Å². The molecule has 0 aliphatic carbocycles. The van der Waals surface area contributed by atoms with Crippen molar-refractivity contribution in [2.24, 2.45) is 0 Å².